The van der Waals surface area contributed by atoms with Crippen LogP contribution in [0, 0.1) is 29.8 Å². The van der Waals surface area contributed by atoms with Crippen molar-refractivity contribution in [2.24, 2.45) is 0 Å². The third-order valence-corrected chi connectivity index (χ3v) is 3.59. The second-order valence-corrected chi connectivity index (χ2v) is 4.93. The summed E-state index contributed by atoms with van der Waals surface area (Å²) in [5.41, 5.74) is 4.42. The lowest BCUT2D eigenvalue weighted by atomic mass is 9.96. The monoisotopic (exact) mass is 284 g/mol. The summed E-state index contributed by atoms with van der Waals surface area (Å²) in [6.07, 6.45) is 0. The van der Waals surface area contributed by atoms with E-state index in [2.05, 4.69) is 11.1 Å². The van der Waals surface area contributed by atoms with Crippen LogP contribution in [0.3, 0.4) is 0 Å². The van der Waals surface area contributed by atoms with E-state index in [9.17, 15) is 5.26 Å². The molecule has 0 spiro atoms. The third kappa shape index (κ3) is 2.59. The first-order chi connectivity index (χ1) is 9.58. The SMILES string of the molecule is CCOc1ccc(-c2c(C)c(C)[nH]c(=S)c2C#N)cc1. The molecule has 0 atom stereocenters. The number of aryl methyl sites for hydroxylation is 1. The summed E-state index contributed by atoms with van der Waals surface area (Å²) < 4.78 is 5.92. The number of ether oxygens (including phenoxy) is 1. The minimum atomic E-state index is 0.486. The van der Waals surface area contributed by atoms with Gasteiger partial charge in [-0.05, 0) is 44.0 Å². The number of hydrogen-bond acceptors (Lipinski definition) is 3. The van der Waals surface area contributed by atoms with E-state index in [1.165, 1.54) is 0 Å². The fraction of sp³-hybridized carbons (Fsp3) is 0.250. The maximum Gasteiger partial charge on any atom is 0.122 e. The average Bonchev–Trinajstić information content (AvgIpc) is 2.44. The number of H-pyrrole nitrogens is 1. The molecule has 20 heavy (non-hydrogen) atoms. The largest absolute Gasteiger partial charge is 0.494 e. The topological polar surface area (TPSA) is 48.8 Å². The van der Waals surface area contributed by atoms with Crippen molar-refractivity contribution < 1.29 is 4.74 Å². The van der Waals surface area contributed by atoms with E-state index in [0.717, 1.165) is 28.1 Å². The van der Waals surface area contributed by atoms with Gasteiger partial charge in [-0.15, -0.1) is 0 Å². The molecule has 1 aromatic heterocycles. The Morgan fingerprint density at radius 1 is 1.25 bits per heavy atom. The van der Waals surface area contributed by atoms with E-state index < -0.39 is 0 Å². The van der Waals surface area contributed by atoms with Crippen LogP contribution in [-0.4, -0.2) is 11.6 Å². The Hall–Kier alpha value is -2.12. The molecule has 102 valence electrons. The predicted molar refractivity (Wildman–Crippen MR) is 82.4 cm³/mol. The number of pyridine rings is 1. The van der Waals surface area contributed by atoms with Gasteiger partial charge in [-0.2, -0.15) is 5.26 Å². The van der Waals surface area contributed by atoms with Crippen LogP contribution < -0.4 is 4.74 Å². The molecule has 2 rings (SSSR count). The van der Waals surface area contributed by atoms with Crippen LogP contribution >= 0.6 is 12.2 Å². The summed E-state index contributed by atoms with van der Waals surface area (Å²) >= 11 is 5.25. The van der Waals surface area contributed by atoms with Crippen molar-refractivity contribution >= 4 is 12.2 Å². The predicted octanol–water partition coefficient (Wildman–Crippen LogP) is 4.30. The van der Waals surface area contributed by atoms with E-state index in [0.29, 0.717) is 16.8 Å². The molecule has 1 heterocycles. The van der Waals surface area contributed by atoms with Gasteiger partial charge in [-0.25, -0.2) is 0 Å². The van der Waals surface area contributed by atoms with Crippen LogP contribution in [0.4, 0.5) is 0 Å². The van der Waals surface area contributed by atoms with Crippen LogP contribution in [0.15, 0.2) is 24.3 Å². The number of aromatic nitrogens is 1. The smallest absolute Gasteiger partial charge is 0.122 e. The molecule has 0 unspecified atom stereocenters. The molecule has 0 saturated carbocycles. The Kier molecular flexibility index (Phi) is 4.21. The van der Waals surface area contributed by atoms with Crippen molar-refractivity contribution in [3.05, 3.63) is 45.7 Å². The fourth-order valence-electron chi connectivity index (χ4n) is 2.17. The van der Waals surface area contributed by atoms with Gasteiger partial charge in [0.2, 0.25) is 0 Å². The minimum absolute atomic E-state index is 0.486. The standard InChI is InChI=1S/C16H16N2OS/c1-4-19-13-7-5-12(6-8-13)15-10(2)11(3)18-16(20)14(15)9-17/h5-8H,4H2,1-3H3,(H,18,20). The molecular formula is C16H16N2OS. The van der Waals surface area contributed by atoms with E-state index in [1.54, 1.807) is 0 Å². The zero-order valence-electron chi connectivity index (χ0n) is 11.8. The van der Waals surface area contributed by atoms with Gasteiger partial charge in [0.25, 0.3) is 0 Å². The van der Waals surface area contributed by atoms with Crippen LogP contribution in [0.25, 0.3) is 11.1 Å². The highest BCUT2D eigenvalue weighted by molar-refractivity contribution is 7.71. The highest BCUT2D eigenvalue weighted by Gasteiger charge is 2.12. The minimum Gasteiger partial charge on any atom is -0.494 e. The van der Waals surface area contributed by atoms with Gasteiger partial charge in [-0.1, -0.05) is 24.4 Å². The summed E-state index contributed by atoms with van der Waals surface area (Å²) in [6, 6.07) is 9.95. The Bertz CT molecular complexity index is 724. The molecule has 0 aliphatic carbocycles. The Morgan fingerprint density at radius 3 is 2.45 bits per heavy atom. The van der Waals surface area contributed by atoms with Crippen molar-refractivity contribution in [1.29, 1.82) is 5.26 Å². The Morgan fingerprint density at radius 2 is 1.90 bits per heavy atom. The molecule has 0 radical (unpaired) electrons. The molecule has 0 fully saturated rings. The molecule has 3 nitrogen and oxygen atoms in total. The first-order valence-corrected chi connectivity index (χ1v) is 6.86. The summed E-state index contributed by atoms with van der Waals surface area (Å²) in [5.74, 6) is 0.824. The van der Waals surface area contributed by atoms with Crippen molar-refractivity contribution in [3.8, 4) is 22.9 Å². The number of nitrogens with zero attached hydrogens (tertiary/aromatic N) is 1. The third-order valence-electron chi connectivity index (χ3n) is 3.28. The number of rotatable bonds is 3. The highest BCUT2D eigenvalue weighted by Crippen LogP contribution is 2.30. The zero-order chi connectivity index (χ0) is 14.7. The van der Waals surface area contributed by atoms with Crippen molar-refractivity contribution in [2.45, 2.75) is 20.8 Å². The van der Waals surface area contributed by atoms with Crippen molar-refractivity contribution in [3.63, 3.8) is 0 Å². The summed E-state index contributed by atoms with van der Waals surface area (Å²) in [7, 11) is 0. The maximum absolute atomic E-state index is 9.35. The van der Waals surface area contributed by atoms with E-state index in [1.807, 2.05) is 45.0 Å². The molecular weight excluding hydrogens is 268 g/mol. The number of nitriles is 1. The second kappa shape index (κ2) is 5.89. The first-order valence-electron chi connectivity index (χ1n) is 6.45. The lowest BCUT2D eigenvalue weighted by molar-refractivity contribution is 0.340. The summed E-state index contributed by atoms with van der Waals surface area (Å²) in [6.45, 7) is 6.54. The van der Waals surface area contributed by atoms with E-state index in [4.69, 9.17) is 17.0 Å². The van der Waals surface area contributed by atoms with E-state index in [-0.39, 0.29) is 0 Å². The normalized spacial score (nSPS) is 10.1. The molecule has 0 amide bonds. The number of nitrogens with one attached hydrogen (secondary N) is 1. The zero-order valence-corrected chi connectivity index (χ0v) is 12.6. The molecule has 4 heteroatoms. The Labute approximate surface area is 123 Å². The van der Waals surface area contributed by atoms with Gasteiger partial charge in [0.05, 0.1) is 12.2 Å². The molecule has 2 aromatic rings. The molecule has 0 bridgehead atoms. The number of hydrogen-bond donors (Lipinski definition) is 1. The fourth-order valence-corrected chi connectivity index (χ4v) is 2.47. The molecule has 1 N–H and O–H groups in total. The Balaban J connectivity index is 2.63. The lowest BCUT2D eigenvalue weighted by Gasteiger charge is -2.12. The summed E-state index contributed by atoms with van der Waals surface area (Å²) in [4.78, 5) is 3.07. The molecule has 0 aliphatic rings. The number of aromatic amines is 1. The quantitative estimate of drug-likeness (QED) is 0.855. The van der Waals surface area contributed by atoms with E-state index >= 15 is 0 Å². The summed E-state index contributed by atoms with van der Waals surface area (Å²) in [5, 5.41) is 9.35. The van der Waals surface area contributed by atoms with Gasteiger partial charge in [0, 0.05) is 11.3 Å². The first kappa shape index (κ1) is 14.3. The second-order valence-electron chi connectivity index (χ2n) is 4.52. The molecule has 0 aliphatic heterocycles. The maximum atomic E-state index is 9.35. The molecule has 0 saturated heterocycles. The van der Waals surface area contributed by atoms with Crippen LogP contribution in [0.1, 0.15) is 23.7 Å². The van der Waals surface area contributed by atoms with Crippen LogP contribution in [0.2, 0.25) is 0 Å². The van der Waals surface area contributed by atoms with Gasteiger partial charge >= 0.3 is 0 Å². The van der Waals surface area contributed by atoms with Gasteiger partial charge < -0.3 is 9.72 Å². The average molecular weight is 284 g/mol. The highest BCUT2D eigenvalue weighted by atomic mass is 32.1. The van der Waals surface area contributed by atoms with Gasteiger partial charge in [-0.3, -0.25) is 0 Å². The van der Waals surface area contributed by atoms with Gasteiger partial charge in [0.1, 0.15) is 16.5 Å². The number of benzene rings is 1. The van der Waals surface area contributed by atoms with Crippen LogP contribution in [0.5, 0.6) is 5.75 Å². The van der Waals surface area contributed by atoms with Crippen molar-refractivity contribution in [1.82, 2.24) is 4.98 Å². The lowest BCUT2D eigenvalue weighted by Crippen LogP contribution is -1.98. The van der Waals surface area contributed by atoms with Crippen LogP contribution in [-0.2, 0) is 0 Å². The van der Waals surface area contributed by atoms with Gasteiger partial charge in [0.15, 0.2) is 0 Å². The van der Waals surface area contributed by atoms with Crippen molar-refractivity contribution in [2.75, 3.05) is 6.61 Å². The molecule has 1 aromatic carbocycles.